The standard InChI is InChI=1S/C47H29N7/c1-3-13-30(14-4-1)44-50-42(32-22-24-38-36-19-8-7-17-34(36)35-18-9-10-20-37(35)39(38)27-32)28-43(51-44)47-53-45(31-15-5-2-6-16-31)52-46(54-47)33-23-25-41(49-29-33)40-21-11-12-26-48-40/h1-29H. The quantitative estimate of drug-likeness (QED) is 0.160. The van der Waals surface area contributed by atoms with Crippen molar-refractivity contribution in [2.24, 2.45) is 0 Å². The average Bonchev–Trinajstić information content (AvgIpc) is 3.27. The minimum Gasteiger partial charge on any atom is -0.255 e. The van der Waals surface area contributed by atoms with E-state index in [4.69, 9.17) is 29.9 Å². The number of fused-ring (bicyclic) bond motifs is 6. The van der Waals surface area contributed by atoms with Crippen molar-refractivity contribution >= 4 is 32.3 Å². The van der Waals surface area contributed by atoms with E-state index in [1.165, 1.54) is 32.3 Å². The maximum atomic E-state index is 5.15. The van der Waals surface area contributed by atoms with E-state index in [1.54, 1.807) is 12.4 Å². The summed E-state index contributed by atoms with van der Waals surface area (Å²) >= 11 is 0. The Balaban J connectivity index is 1.17. The first-order valence-electron chi connectivity index (χ1n) is 17.7. The zero-order valence-corrected chi connectivity index (χ0v) is 28.9. The topological polar surface area (TPSA) is 90.2 Å². The smallest absolute Gasteiger partial charge is 0.182 e. The molecule has 4 heterocycles. The fourth-order valence-electron chi connectivity index (χ4n) is 7.02. The predicted octanol–water partition coefficient (Wildman–Crippen LogP) is 10.9. The molecule has 0 aliphatic carbocycles. The van der Waals surface area contributed by atoms with Crippen LogP contribution >= 0.6 is 0 Å². The van der Waals surface area contributed by atoms with Gasteiger partial charge in [0.2, 0.25) is 0 Å². The summed E-state index contributed by atoms with van der Waals surface area (Å²) in [4.78, 5) is 34.4. The van der Waals surface area contributed by atoms with Gasteiger partial charge in [-0.3, -0.25) is 9.97 Å². The van der Waals surface area contributed by atoms with Crippen LogP contribution in [-0.4, -0.2) is 34.9 Å². The predicted molar refractivity (Wildman–Crippen MR) is 216 cm³/mol. The Hall–Kier alpha value is -7.51. The zero-order chi connectivity index (χ0) is 35.8. The number of rotatable bonds is 6. The van der Waals surface area contributed by atoms with E-state index in [-0.39, 0.29) is 0 Å². The number of hydrogen-bond acceptors (Lipinski definition) is 7. The van der Waals surface area contributed by atoms with Crippen LogP contribution in [0.2, 0.25) is 0 Å². The van der Waals surface area contributed by atoms with Gasteiger partial charge in [0.1, 0.15) is 5.69 Å². The number of hydrogen-bond donors (Lipinski definition) is 0. The van der Waals surface area contributed by atoms with Crippen LogP contribution in [0.15, 0.2) is 176 Å². The van der Waals surface area contributed by atoms with Crippen molar-refractivity contribution in [3.05, 3.63) is 176 Å². The van der Waals surface area contributed by atoms with Gasteiger partial charge >= 0.3 is 0 Å². The van der Waals surface area contributed by atoms with Gasteiger partial charge in [0.25, 0.3) is 0 Å². The van der Waals surface area contributed by atoms with Gasteiger partial charge < -0.3 is 0 Å². The van der Waals surface area contributed by atoms with Crippen molar-refractivity contribution in [1.82, 2.24) is 34.9 Å². The van der Waals surface area contributed by atoms with Gasteiger partial charge in [0.05, 0.1) is 17.1 Å². The molecule has 0 saturated heterocycles. The van der Waals surface area contributed by atoms with Gasteiger partial charge in [-0.25, -0.2) is 24.9 Å². The van der Waals surface area contributed by atoms with Crippen LogP contribution in [0.25, 0.3) is 101 Å². The zero-order valence-electron chi connectivity index (χ0n) is 28.9. The summed E-state index contributed by atoms with van der Waals surface area (Å²) in [5.74, 6) is 2.04. The van der Waals surface area contributed by atoms with Gasteiger partial charge in [0.15, 0.2) is 23.3 Å². The molecule has 0 spiro atoms. The van der Waals surface area contributed by atoms with E-state index in [1.807, 2.05) is 97.1 Å². The van der Waals surface area contributed by atoms with E-state index in [9.17, 15) is 0 Å². The van der Waals surface area contributed by atoms with Crippen molar-refractivity contribution in [2.45, 2.75) is 0 Å². The fourth-order valence-corrected chi connectivity index (χ4v) is 7.02. The molecule has 0 aliphatic heterocycles. The normalized spacial score (nSPS) is 11.3. The monoisotopic (exact) mass is 691 g/mol. The van der Waals surface area contributed by atoms with Crippen LogP contribution in [0.5, 0.6) is 0 Å². The highest BCUT2D eigenvalue weighted by molar-refractivity contribution is 6.25. The summed E-state index contributed by atoms with van der Waals surface area (Å²) in [6, 6.07) is 55.4. The molecular formula is C47H29N7. The van der Waals surface area contributed by atoms with Crippen LogP contribution < -0.4 is 0 Å². The molecule has 10 rings (SSSR count). The Morgan fingerprint density at radius 2 is 0.759 bits per heavy atom. The first-order chi connectivity index (χ1) is 26.7. The molecule has 0 fully saturated rings. The summed E-state index contributed by atoms with van der Waals surface area (Å²) < 4.78 is 0. The summed E-state index contributed by atoms with van der Waals surface area (Å²) in [7, 11) is 0. The van der Waals surface area contributed by atoms with Crippen molar-refractivity contribution in [3.63, 3.8) is 0 Å². The van der Waals surface area contributed by atoms with Crippen molar-refractivity contribution in [1.29, 1.82) is 0 Å². The lowest BCUT2D eigenvalue weighted by Gasteiger charge is -2.13. The number of pyridine rings is 2. The molecule has 4 aromatic heterocycles. The first kappa shape index (κ1) is 31.2. The average molecular weight is 692 g/mol. The van der Waals surface area contributed by atoms with Gasteiger partial charge in [-0.15, -0.1) is 0 Å². The second-order valence-electron chi connectivity index (χ2n) is 13.0. The third-order valence-corrected chi connectivity index (χ3v) is 9.64. The highest BCUT2D eigenvalue weighted by Gasteiger charge is 2.18. The summed E-state index contributed by atoms with van der Waals surface area (Å²) in [6.45, 7) is 0. The number of nitrogens with zero attached hydrogens (tertiary/aromatic N) is 7. The Bertz CT molecular complexity index is 2930. The van der Waals surface area contributed by atoms with Crippen molar-refractivity contribution < 1.29 is 0 Å². The van der Waals surface area contributed by atoms with Gasteiger partial charge in [0, 0.05) is 34.6 Å². The van der Waals surface area contributed by atoms with Gasteiger partial charge in [-0.05, 0) is 68.7 Å². The third kappa shape index (κ3) is 5.70. The molecule has 54 heavy (non-hydrogen) atoms. The van der Waals surface area contributed by atoms with Crippen molar-refractivity contribution in [2.75, 3.05) is 0 Å². The second kappa shape index (κ2) is 13.2. The Morgan fingerprint density at radius 3 is 1.37 bits per heavy atom. The minimum atomic E-state index is 0.436. The molecular weight excluding hydrogens is 663 g/mol. The Kier molecular flexibility index (Phi) is 7.66. The molecule has 252 valence electrons. The molecule has 0 atom stereocenters. The SMILES string of the molecule is c1ccc(-c2nc(-c3ccc4c5ccccc5c5ccccc5c4c3)cc(-c3nc(-c4ccccc4)nc(-c4ccc(-c5ccccn5)nc4)n3)n2)cc1. The highest BCUT2D eigenvalue weighted by atomic mass is 15.1. The van der Waals surface area contributed by atoms with Crippen LogP contribution in [0.4, 0.5) is 0 Å². The largest absolute Gasteiger partial charge is 0.255 e. The van der Waals surface area contributed by atoms with E-state index >= 15 is 0 Å². The van der Waals surface area contributed by atoms with Gasteiger partial charge in [-0.1, -0.05) is 127 Å². The molecule has 0 radical (unpaired) electrons. The summed E-state index contributed by atoms with van der Waals surface area (Å²) in [6.07, 6.45) is 3.54. The first-order valence-corrected chi connectivity index (χ1v) is 17.7. The molecule has 7 heteroatoms. The van der Waals surface area contributed by atoms with Crippen LogP contribution in [0.1, 0.15) is 0 Å². The maximum absolute atomic E-state index is 5.15. The summed E-state index contributed by atoms with van der Waals surface area (Å²) in [5, 5.41) is 7.24. The Labute approximate surface area is 310 Å². The van der Waals surface area contributed by atoms with Crippen LogP contribution in [0.3, 0.4) is 0 Å². The van der Waals surface area contributed by atoms with Gasteiger partial charge in [-0.2, -0.15) is 0 Å². The maximum Gasteiger partial charge on any atom is 0.182 e. The van der Waals surface area contributed by atoms with Crippen LogP contribution in [-0.2, 0) is 0 Å². The number of aromatic nitrogens is 7. The second-order valence-corrected chi connectivity index (χ2v) is 13.0. The minimum absolute atomic E-state index is 0.436. The molecule has 7 nitrogen and oxygen atoms in total. The third-order valence-electron chi connectivity index (χ3n) is 9.64. The number of benzene rings is 6. The molecule has 0 saturated carbocycles. The molecule has 0 amide bonds. The lowest BCUT2D eigenvalue weighted by atomic mass is 9.93. The van der Waals surface area contributed by atoms with E-state index < -0.39 is 0 Å². The lowest BCUT2D eigenvalue weighted by molar-refractivity contribution is 1.05. The lowest BCUT2D eigenvalue weighted by Crippen LogP contribution is -2.03. The molecule has 0 N–H and O–H groups in total. The molecule has 0 unspecified atom stereocenters. The summed E-state index contributed by atoms with van der Waals surface area (Å²) in [5.41, 5.74) is 6.39. The van der Waals surface area contributed by atoms with Crippen LogP contribution in [0, 0.1) is 0 Å². The molecule has 10 aromatic rings. The molecule has 0 aliphatic rings. The van der Waals surface area contributed by atoms with E-state index in [2.05, 4.69) is 71.7 Å². The molecule has 6 aromatic carbocycles. The van der Waals surface area contributed by atoms with Crippen molar-refractivity contribution in [3.8, 4) is 68.3 Å². The van der Waals surface area contributed by atoms with E-state index in [0.717, 1.165) is 39.3 Å². The fraction of sp³-hybridized carbons (Fsp3) is 0. The van der Waals surface area contributed by atoms with E-state index in [0.29, 0.717) is 29.0 Å². The molecule has 0 bridgehead atoms. The highest BCUT2D eigenvalue weighted by Crippen LogP contribution is 2.37. The Morgan fingerprint density at radius 1 is 0.259 bits per heavy atom.